The summed E-state index contributed by atoms with van der Waals surface area (Å²) in [6.07, 6.45) is 3.24. The predicted molar refractivity (Wildman–Crippen MR) is 134 cm³/mol. The highest BCUT2D eigenvalue weighted by atomic mass is 32.1. The number of aliphatic imine (C=N–C) groups is 1. The van der Waals surface area contributed by atoms with Gasteiger partial charge in [0.2, 0.25) is 0 Å². The molecule has 1 aliphatic rings. The number of aryl methyl sites for hydroxylation is 1. The van der Waals surface area contributed by atoms with Crippen LogP contribution in [0.3, 0.4) is 0 Å². The van der Waals surface area contributed by atoms with Crippen LogP contribution in [-0.2, 0) is 6.42 Å². The van der Waals surface area contributed by atoms with Crippen LogP contribution in [-0.4, -0.2) is 81.6 Å². The number of rotatable bonds is 9. The van der Waals surface area contributed by atoms with Crippen LogP contribution in [0.25, 0.3) is 5.69 Å². The van der Waals surface area contributed by atoms with Crippen LogP contribution in [0.1, 0.15) is 31.5 Å². The zero-order valence-electron chi connectivity index (χ0n) is 19.1. The highest BCUT2D eigenvalue weighted by molar-refractivity contribution is 7.80. The van der Waals surface area contributed by atoms with Crippen LogP contribution >= 0.6 is 12.2 Å². The van der Waals surface area contributed by atoms with Gasteiger partial charge in [-0.15, -0.1) is 0 Å². The minimum absolute atomic E-state index is 0.0156. The molecule has 0 amide bonds. The topological polar surface area (TPSA) is 112 Å². The largest absolute Gasteiger partial charge is 0.363 e. The number of hydrogen-bond acceptors (Lipinski definition) is 6. The summed E-state index contributed by atoms with van der Waals surface area (Å²) in [4.78, 5) is 32.5. The van der Waals surface area contributed by atoms with Gasteiger partial charge in [-0.2, -0.15) is 0 Å². The molecule has 3 rings (SSSR count). The Bertz CT molecular complexity index is 1040. The molecule has 33 heavy (non-hydrogen) atoms. The van der Waals surface area contributed by atoms with Crippen LogP contribution in [0.4, 0.5) is 5.69 Å². The molecule has 11 heteroatoms. The molecule has 2 heterocycles. The number of aromatic amines is 1. The molecule has 1 aromatic carbocycles. The van der Waals surface area contributed by atoms with E-state index >= 15 is 0 Å². The molecule has 10 nitrogen and oxygen atoms in total. The van der Waals surface area contributed by atoms with E-state index in [-0.39, 0.29) is 11.2 Å². The second-order valence-electron chi connectivity index (χ2n) is 7.87. The number of nitrogens with one attached hydrogen (secondary N) is 2. The van der Waals surface area contributed by atoms with E-state index in [2.05, 4.69) is 25.2 Å². The van der Waals surface area contributed by atoms with Gasteiger partial charge in [-0.25, -0.2) is 4.68 Å². The summed E-state index contributed by atoms with van der Waals surface area (Å²) in [7, 11) is 0. The van der Waals surface area contributed by atoms with Crippen molar-refractivity contribution < 1.29 is 4.92 Å². The lowest BCUT2D eigenvalue weighted by Gasteiger charge is -2.35. The normalized spacial score (nSPS) is 14.7. The lowest BCUT2D eigenvalue weighted by atomic mass is 10.2. The first-order chi connectivity index (χ1) is 15.9. The summed E-state index contributed by atoms with van der Waals surface area (Å²) in [5, 5.41) is 18.0. The molecule has 0 spiro atoms. The minimum Gasteiger partial charge on any atom is -0.363 e. The summed E-state index contributed by atoms with van der Waals surface area (Å²) in [5.41, 5.74) is 1.68. The fourth-order valence-electron chi connectivity index (χ4n) is 3.77. The summed E-state index contributed by atoms with van der Waals surface area (Å²) >= 11 is 5.38. The van der Waals surface area contributed by atoms with Gasteiger partial charge in [0.05, 0.1) is 22.7 Å². The Kier molecular flexibility index (Phi) is 8.72. The average Bonchev–Trinajstić information content (AvgIpc) is 3.12. The Labute approximate surface area is 198 Å². The van der Waals surface area contributed by atoms with Crippen molar-refractivity contribution in [2.45, 2.75) is 26.7 Å². The second kappa shape index (κ2) is 11.7. The number of nitrogens with zero attached hydrogens (tertiary/aromatic N) is 5. The lowest BCUT2D eigenvalue weighted by molar-refractivity contribution is -0.384. The van der Waals surface area contributed by atoms with Crippen molar-refractivity contribution in [3.63, 3.8) is 0 Å². The molecule has 0 unspecified atom stereocenters. The molecular formula is C22H31N7O3S. The molecule has 0 radical (unpaired) electrons. The lowest BCUT2D eigenvalue weighted by Crippen LogP contribution is -2.52. The molecule has 0 atom stereocenters. The Balaban J connectivity index is 1.63. The fourth-order valence-corrected chi connectivity index (χ4v) is 4.09. The van der Waals surface area contributed by atoms with Crippen molar-refractivity contribution in [2.75, 3.05) is 45.8 Å². The van der Waals surface area contributed by atoms with Gasteiger partial charge in [0.15, 0.2) is 5.11 Å². The Morgan fingerprint density at radius 2 is 1.94 bits per heavy atom. The number of thiocarbonyl (C=S) groups is 1. The first-order valence-corrected chi connectivity index (χ1v) is 11.7. The van der Waals surface area contributed by atoms with E-state index in [9.17, 15) is 14.9 Å². The maximum atomic E-state index is 13.0. The van der Waals surface area contributed by atoms with Crippen molar-refractivity contribution in [1.82, 2.24) is 24.9 Å². The molecular weight excluding hydrogens is 442 g/mol. The molecule has 0 saturated carbocycles. The van der Waals surface area contributed by atoms with Gasteiger partial charge in [-0.1, -0.05) is 13.3 Å². The Morgan fingerprint density at radius 1 is 1.24 bits per heavy atom. The SMILES string of the molecule is CCCc1[nH]n(-c2ccc([N+](=O)[O-])cc2)c(=O)c1C=NCCN1CCN(C(=S)NCC)CC1. The first kappa shape index (κ1) is 24.6. The maximum Gasteiger partial charge on any atom is 0.280 e. The van der Waals surface area contributed by atoms with E-state index in [0.29, 0.717) is 24.2 Å². The predicted octanol–water partition coefficient (Wildman–Crippen LogP) is 1.96. The van der Waals surface area contributed by atoms with E-state index in [1.807, 2.05) is 13.8 Å². The molecule has 2 aromatic rings. The fraction of sp³-hybridized carbons (Fsp3) is 0.500. The van der Waals surface area contributed by atoms with Crippen molar-refractivity contribution in [1.29, 1.82) is 0 Å². The molecule has 0 aliphatic carbocycles. The Hall–Kier alpha value is -3.05. The highest BCUT2D eigenvalue weighted by Crippen LogP contribution is 2.15. The zero-order chi connectivity index (χ0) is 23.8. The van der Waals surface area contributed by atoms with Crippen molar-refractivity contribution >= 4 is 29.2 Å². The molecule has 1 aromatic heterocycles. The van der Waals surface area contributed by atoms with Crippen LogP contribution in [0.5, 0.6) is 0 Å². The summed E-state index contributed by atoms with van der Waals surface area (Å²) in [5.74, 6) is 0. The number of piperazine rings is 1. The molecule has 0 bridgehead atoms. The van der Waals surface area contributed by atoms with Gasteiger partial charge in [0, 0.05) is 63.3 Å². The molecule has 1 aliphatic heterocycles. The first-order valence-electron chi connectivity index (χ1n) is 11.3. The number of benzene rings is 1. The standard InChI is InChI=1S/C22H31N7O3S/c1-3-5-20-19(21(30)28(25-20)17-6-8-18(9-7-17)29(31)32)16-23-10-11-26-12-14-27(15-13-26)22(33)24-4-2/h6-9,16,25H,3-5,10-15H2,1-2H3,(H,24,33). The van der Waals surface area contributed by atoms with E-state index in [4.69, 9.17) is 12.2 Å². The van der Waals surface area contributed by atoms with Gasteiger partial charge in [0.25, 0.3) is 11.2 Å². The van der Waals surface area contributed by atoms with E-state index in [1.54, 1.807) is 18.3 Å². The van der Waals surface area contributed by atoms with Gasteiger partial charge < -0.3 is 10.2 Å². The number of non-ortho nitro benzene ring substituents is 1. The quantitative estimate of drug-likeness (QED) is 0.248. The molecule has 1 saturated heterocycles. The summed E-state index contributed by atoms with van der Waals surface area (Å²) < 4.78 is 1.42. The van der Waals surface area contributed by atoms with E-state index < -0.39 is 4.92 Å². The van der Waals surface area contributed by atoms with Crippen LogP contribution < -0.4 is 10.9 Å². The molecule has 1 fully saturated rings. The van der Waals surface area contributed by atoms with Crippen LogP contribution in [0, 0.1) is 10.1 Å². The van der Waals surface area contributed by atoms with Crippen LogP contribution in [0.15, 0.2) is 34.1 Å². The second-order valence-corrected chi connectivity index (χ2v) is 8.25. The van der Waals surface area contributed by atoms with Gasteiger partial charge in [0.1, 0.15) is 0 Å². The van der Waals surface area contributed by atoms with E-state index in [0.717, 1.165) is 56.5 Å². The monoisotopic (exact) mass is 473 g/mol. The molecule has 178 valence electrons. The number of nitro benzene ring substituents is 1. The van der Waals surface area contributed by atoms with Crippen molar-refractivity contribution in [3.05, 3.63) is 56.0 Å². The van der Waals surface area contributed by atoms with Gasteiger partial charge in [-0.05, 0) is 37.7 Å². The number of nitro groups is 1. The van der Waals surface area contributed by atoms with Gasteiger partial charge in [-0.3, -0.25) is 29.9 Å². The minimum atomic E-state index is -0.460. The zero-order valence-corrected chi connectivity index (χ0v) is 19.9. The average molecular weight is 474 g/mol. The third-order valence-corrected chi connectivity index (χ3v) is 5.98. The number of hydrogen-bond donors (Lipinski definition) is 2. The highest BCUT2D eigenvalue weighted by Gasteiger charge is 2.18. The number of aromatic nitrogens is 2. The third kappa shape index (κ3) is 6.26. The van der Waals surface area contributed by atoms with Gasteiger partial charge >= 0.3 is 0 Å². The third-order valence-electron chi connectivity index (χ3n) is 5.58. The Morgan fingerprint density at radius 3 is 2.55 bits per heavy atom. The molecule has 2 N–H and O–H groups in total. The smallest absolute Gasteiger partial charge is 0.280 e. The van der Waals surface area contributed by atoms with Crippen LogP contribution in [0.2, 0.25) is 0 Å². The van der Waals surface area contributed by atoms with E-state index in [1.165, 1.54) is 16.8 Å². The van der Waals surface area contributed by atoms with Crippen molar-refractivity contribution in [3.8, 4) is 5.69 Å². The summed E-state index contributed by atoms with van der Waals surface area (Å²) in [6, 6.07) is 5.91. The summed E-state index contributed by atoms with van der Waals surface area (Å²) in [6.45, 7) is 9.99. The number of H-pyrrole nitrogens is 1. The van der Waals surface area contributed by atoms with Crippen molar-refractivity contribution in [2.24, 2.45) is 4.99 Å². The maximum absolute atomic E-state index is 13.0.